The van der Waals surface area contributed by atoms with Gasteiger partial charge >= 0.3 is 5.97 Å². The van der Waals surface area contributed by atoms with E-state index < -0.39 is 11.5 Å². The third-order valence-corrected chi connectivity index (χ3v) is 6.41. The molecule has 3 aliphatic rings. The number of carboxylic acids is 1. The molecule has 3 rings (SSSR count). The first kappa shape index (κ1) is 24.6. The number of carboxylic acid groups (broad SMARTS) is 1. The van der Waals surface area contributed by atoms with Crippen LogP contribution >= 0.6 is 24.8 Å². The van der Waals surface area contributed by atoms with Gasteiger partial charge in [0, 0.05) is 32.2 Å². The fraction of sp³-hybridized carbons (Fsp3) is 0.889. The lowest BCUT2D eigenvalue weighted by Crippen LogP contribution is -2.64. The molecule has 3 N–H and O–H groups in total. The van der Waals surface area contributed by atoms with Crippen molar-refractivity contribution in [2.45, 2.75) is 43.7 Å². The number of carbonyl (C=O) groups excluding carboxylic acids is 1. The summed E-state index contributed by atoms with van der Waals surface area (Å²) < 4.78 is 0. The standard InChI is InChI=1S/C18H32N4O3.2ClH/c23-14-18(13-17(24)25,15-1-5-19-6-2-15)22-11-9-21(10-12-22)16-3-7-20-8-4-16;;/h14-16,19-20H,1-13H2,(H,24,25);2*1H. The number of piperazine rings is 1. The summed E-state index contributed by atoms with van der Waals surface area (Å²) in [6.45, 7) is 7.35. The Morgan fingerprint density at radius 2 is 1.48 bits per heavy atom. The highest BCUT2D eigenvalue weighted by Crippen LogP contribution is 2.34. The number of aliphatic carboxylic acids is 1. The number of carbonyl (C=O) groups is 2. The van der Waals surface area contributed by atoms with E-state index in [-0.39, 0.29) is 37.2 Å². The molecular weight excluding hydrogens is 391 g/mol. The van der Waals surface area contributed by atoms with Gasteiger partial charge < -0.3 is 20.5 Å². The van der Waals surface area contributed by atoms with Gasteiger partial charge in [0.15, 0.2) is 0 Å². The summed E-state index contributed by atoms with van der Waals surface area (Å²) in [4.78, 5) is 28.5. The average molecular weight is 425 g/mol. The zero-order valence-corrected chi connectivity index (χ0v) is 17.5. The first-order chi connectivity index (χ1) is 12.2. The van der Waals surface area contributed by atoms with Crippen LogP contribution in [-0.4, -0.2) is 91.1 Å². The number of aldehydes is 1. The molecule has 0 bridgehead atoms. The summed E-state index contributed by atoms with van der Waals surface area (Å²) in [6.07, 6.45) is 5.00. The molecule has 7 nitrogen and oxygen atoms in total. The summed E-state index contributed by atoms with van der Waals surface area (Å²) in [6, 6.07) is 0.632. The highest BCUT2D eigenvalue weighted by molar-refractivity contribution is 5.85. The van der Waals surface area contributed by atoms with Crippen LogP contribution in [0.4, 0.5) is 0 Å². The fourth-order valence-electron chi connectivity index (χ4n) is 4.97. The maximum atomic E-state index is 12.2. The Morgan fingerprint density at radius 3 is 1.96 bits per heavy atom. The molecule has 1 unspecified atom stereocenters. The quantitative estimate of drug-likeness (QED) is 0.538. The molecule has 3 fully saturated rings. The fourth-order valence-corrected chi connectivity index (χ4v) is 4.97. The molecule has 3 saturated heterocycles. The molecule has 0 aliphatic carbocycles. The van der Waals surface area contributed by atoms with Crippen LogP contribution in [0, 0.1) is 5.92 Å². The van der Waals surface area contributed by atoms with Gasteiger partial charge in [-0.3, -0.25) is 14.6 Å². The van der Waals surface area contributed by atoms with Gasteiger partial charge in [-0.05, 0) is 57.8 Å². The van der Waals surface area contributed by atoms with Crippen LogP contribution in [0.2, 0.25) is 0 Å². The molecule has 0 aromatic rings. The molecule has 3 heterocycles. The second kappa shape index (κ2) is 11.5. The van der Waals surface area contributed by atoms with Gasteiger partial charge in [0.2, 0.25) is 0 Å². The van der Waals surface area contributed by atoms with Crippen molar-refractivity contribution >= 4 is 37.1 Å². The Balaban J connectivity index is 0.00000182. The summed E-state index contributed by atoms with van der Waals surface area (Å²) in [5, 5.41) is 16.2. The Labute approximate surface area is 174 Å². The summed E-state index contributed by atoms with van der Waals surface area (Å²) >= 11 is 0. The maximum absolute atomic E-state index is 12.2. The molecule has 27 heavy (non-hydrogen) atoms. The van der Waals surface area contributed by atoms with Gasteiger partial charge in [0.05, 0.1) is 12.0 Å². The van der Waals surface area contributed by atoms with Crippen molar-refractivity contribution in [1.29, 1.82) is 0 Å². The molecule has 158 valence electrons. The zero-order chi connectivity index (χ0) is 17.7. The second-order valence-corrected chi connectivity index (χ2v) is 7.71. The van der Waals surface area contributed by atoms with E-state index in [0.717, 1.165) is 71.5 Å². The molecule has 9 heteroatoms. The number of hydrogen-bond donors (Lipinski definition) is 3. The summed E-state index contributed by atoms with van der Waals surface area (Å²) in [7, 11) is 0. The topological polar surface area (TPSA) is 84.9 Å². The van der Waals surface area contributed by atoms with Crippen molar-refractivity contribution in [2.75, 3.05) is 52.4 Å². The molecule has 0 aromatic heterocycles. The monoisotopic (exact) mass is 424 g/mol. The molecule has 1 atom stereocenters. The SMILES string of the molecule is Cl.Cl.O=CC(CC(=O)O)(C1CCNCC1)N1CCN(C2CCNCC2)CC1. The first-order valence-electron chi connectivity index (χ1n) is 9.74. The molecule has 0 amide bonds. The maximum Gasteiger partial charge on any atom is 0.305 e. The van der Waals surface area contributed by atoms with E-state index in [9.17, 15) is 14.7 Å². The van der Waals surface area contributed by atoms with Gasteiger partial charge in [-0.25, -0.2) is 0 Å². The van der Waals surface area contributed by atoms with Gasteiger partial charge in [0.1, 0.15) is 6.29 Å². The van der Waals surface area contributed by atoms with Crippen LogP contribution in [0.1, 0.15) is 32.1 Å². The number of rotatable bonds is 6. The smallest absolute Gasteiger partial charge is 0.305 e. The summed E-state index contributed by atoms with van der Waals surface area (Å²) in [5.74, 6) is -0.737. The van der Waals surface area contributed by atoms with Gasteiger partial charge in [-0.2, -0.15) is 0 Å². The van der Waals surface area contributed by atoms with E-state index in [1.807, 2.05) is 0 Å². The average Bonchev–Trinajstić information content (AvgIpc) is 2.67. The molecule has 0 spiro atoms. The molecule has 0 radical (unpaired) electrons. The predicted molar refractivity (Wildman–Crippen MR) is 110 cm³/mol. The number of hydrogen-bond acceptors (Lipinski definition) is 6. The molecule has 0 aromatic carbocycles. The van der Waals surface area contributed by atoms with Crippen LogP contribution in [-0.2, 0) is 9.59 Å². The lowest BCUT2D eigenvalue weighted by Gasteiger charge is -2.50. The minimum Gasteiger partial charge on any atom is -0.481 e. The minimum absolute atomic E-state index is 0. The normalized spacial score (nSPS) is 25.6. The van der Waals surface area contributed by atoms with E-state index in [4.69, 9.17) is 0 Å². The van der Waals surface area contributed by atoms with E-state index in [2.05, 4.69) is 20.4 Å². The largest absolute Gasteiger partial charge is 0.481 e. The third kappa shape index (κ3) is 5.78. The van der Waals surface area contributed by atoms with Crippen LogP contribution in [0.5, 0.6) is 0 Å². The zero-order valence-electron chi connectivity index (χ0n) is 15.9. The Kier molecular flexibility index (Phi) is 10.5. The van der Waals surface area contributed by atoms with E-state index in [1.54, 1.807) is 0 Å². The summed E-state index contributed by atoms with van der Waals surface area (Å²) in [5.41, 5.74) is -0.839. The van der Waals surface area contributed by atoms with Crippen molar-refractivity contribution in [2.24, 2.45) is 5.92 Å². The van der Waals surface area contributed by atoms with Gasteiger partial charge in [-0.1, -0.05) is 0 Å². The number of piperidine rings is 2. The highest BCUT2D eigenvalue weighted by Gasteiger charge is 2.47. The van der Waals surface area contributed by atoms with Crippen LogP contribution < -0.4 is 10.6 Å². The van der Waals surface area contributed by atoms with Crippen molar-refractivity contribution in [3.8, 4) is 0 Å². The van der Waals surface area contributed by atoms with Gasteiger partial charge in [0.25, 0.3) is 0 Å². The number of halogens is 2. The minimum atomic E-state index is -0.869. The lowest BCUT2D eigenvalue weighted by atomic mass is 9.75. The number of nitrogens with zero attached hydrogens (tertiary/aromatic N) is 2. The second-order valence-electron chi connectivity index (χ2n) is 7.71. The van der Waals surface area contributed by atoms with E-state index in [0.29, 0.717) is 6.04 Å². The van der Waals surface area contributed by atoms with E-state index in [1.165, 1.54) is 12.8 Å². The lowest BCUT2D eigenvalue weighted by molar-refractivity contribution is -0.147. The molecular formula is C18H34Cl2N4O3. The highest BCUT2D eigenvalue weighted by atomic mass is 35.5. The number of nitrogens with one attached hydrogen (secondary N) is 2. The molecule has 3 aliphatic heterocycles. The third-order valence-electron chi connectivity index (χ3n) is 6.41. The van der Waals surface area contributed by atoms with E-state index >= 15 is 0 Å². The Hall–Kier alpha value is -0.440. The Morgan fingerprint density at radius 1 is 0.963 bits per heavy atom. The van der Waals surface area contributed by atoms with Crippen molar-refractivity contribution < 1.29 is 14.7 Å². The van der Waals surface area contributed by atoms with Crippen LogP contribution in [0.25, 0.3) is 0 Å². The van der Waals surface area contributed by atoms with Crippen LogP contribution in [0.15, 0.2) is 0 Å². The van der Waals surface area contributed by atoms with Crippen molar-refractivity contribution in [3.05, 3.63) is 0 Å². The first-order valence-corrected chi connectivity index (χ1v) is 9.74. The predicted octanol–water partition coefficient (Wildman–Crippen LogP) is 0.612. The van der Waals surface area contributed by atoms with Gasteiger partial charge in [-0.15, -0.1) is 24.8 Å². The van der Waals surface area contributed by atoms with Crippen molar-refractivity contribution in [1.82, 2.24) is 20.4 Å². The molecule has 0 saturated carbocycles. The Bertz CT molecular complexity index is 466. The van der Waals surface area contributed by atoms with Crippen LogP contribution in [0.3, 0.4) is 0 Å². The van der Waals surface area contributed by atoms with Crippen molar-refractivity contribution in [3.63, 3.8) is 0 Å².